The summed E-state index contributed by atoms with van der Waals surface area (Å²) in [5, 5.41) is -0.569. The lowest BCUT2D eigenvalue weighted by Crippen LogP contribution is -2.39. The zero-order valence-corrected chi connectivity index (χ0v) is 12.1. The summed E-state index contributed by atoms with van der Waals surface area (Å²) < 4.78 is 15.9. The summed E-state index contributed by atoms with van der Waals surface area (Å²) in [5.74, 6) is -1.67. The highest BCUT2D eigenvalue weighted by atomic mass is 32.1. The Balaban J connectivity index is 2.05. The third-order valence-electron chi connectivity index (χ3n) is 2.78. The van der Waals surface area contributed by atoms with Crippen molar-refractivity contribution < 1.29 is 23.8 Å². The summed E-state index contributed by atoms with van der Waals surface area (Å²) in [5.41, 5.74) is 0.887. The van der Waals surface area contributed by atoms with Gasteiger partial charge in [-0.2, -0.15) is 0 Å². The second-order valence-corrected chi connectivity index (χ2v) is 5.36. The average Bonchev–Trinajstić information content (AvgIpc) is 2.64. The normalized spacial score (nSPS) is 22.4. The van der Waals surface area contributed by atoms with Gasteiger partial charge in [0.05, 0.1) is 6.61 Å². The molecule has 0 N–H and O–H groups in total. The lowest BCUT2D eigenvalue weighted by molar-refractivity contribution is -0.165. The van der Waals surface area contributed by atoms with Gasteiger partial charge in [-0.25, -0.2) is 4.79 Å². The summed E-state index contributed by atoms with van der Waals surface area (Å²) in [7, 11) is 0. The topological polar surface area (TPSA) is 61.8 Å². The molecule has 2 atom stereocenters. The Bertz CT molecular complexity index is 500. The fraction of sp³-hybridized carbons (Fsp3) is 0.429. The third-order valence-corrected chi connectivity index (χ3v) is 3.03. The van der Waals surface area contributed by atoms with E-state index in [9.17, 15) is 9.59 Å². The second kappa shape index (κ2) is 5.95. The highest BCUT2D eigenvalue weighted by Gasteiger charge is 2.47. The van der Waals surface area contributed by atoms with Crippen LogP contribution in [0.15, 0.2) is 30.3 Å². The molecule has 108 valence electrons. The van der Waals surface area contributed by atoms with Crippen molar-refractivity contribution in [2.75, 3.05) is 0 Å². The maximum atomic E-state index is 11.7. The van der Waals surface area contributed by atoms with Crippen LogP contribution in [0.3, 0.4) is 0 Å². The number of cyclic esters (lactones) is 1. The molecule has 0 amide bonds. The Morgan fingerprint density at radius 2 is 2.05 bits per heavy atom. The maximum absolute atomic E-state index is 11.7. The van der Waals surface area contributed by atoms with E-state index in [0.29, 0.717) is 0 Å². The molecular formula is C14H16O5S. The first-order valence-corrected chi connectivity index (χ1v) is 6.63. The minimum Gasteiger partial charge on any atom is -0.432 e. The van der Waals surface area contributed by atoms with Crippen molar-refractivity contribution >= 4 is 23.7 Å². The molecule has 1 fully saturated rings. The predicted octanol–water partition coefficient (Wildman–Crippen LogP) is 1.71. The van der Waals surface area contributed by atoms with E-state index in [1.54, 1.807) is 13.8 Å². The largest absolute Gasteiger partial charge is 0.432 e. The molecule has 0 radical (unpaired) electrons. The van der Waals surface area contributed by atoms with Crippen LogP contribution >= 0.6 is 12.6 Å². The first-order chi connectivity index (χ1) is 9.39. The van der Waals surface area contributed by atoms with Crippen LogP contribution in [-0.2, 0) is 30.4 Å². The minimum atomic E-state index is -1.09. The van der Waals surface area contributed by atoms with Gasteiger partial charge in [-0.15, -0.1) is 12.6 Å². The average molecular weight is 296 g/mol. The van der Waals surface area contributed by atoms with E-state index in [1.165, 1.54) is 0 Å². The van der Waals surface area contributed by atoms with Gasteiger partial charge in [0, 0.05) is 13.8 Å². The van der Waals surface area contributed by atoms with Gasteiger partial charge in [0.2, 0.25) is 10.9 Å². The van der Waals surface area contributed by atoms with Crippen molar-refractivity contribution in [2.24, 2.45) is 0 Å². The van der Waals surface area contributed by atoms with E-state index in [2.05, 4.69) is 12.6 Å². The van der Waals surface area contributed by atoms with Crippen molar-refractivity contribution in [1.29, 1.82) is 0 Å². The van der Waals surface area contributed by atoms with Crippen molar-refractivity contribution in [3.8, 4) is 0 Å². The van der Waals surface area contributed by atoms with E-state index >= 15 is 0 Å². The molecule has 0 saturated carbocycles. The van der Waals surface area contributed by atoms with Crippen LogP contribution in [0.25, 0.3) is 0 Å². The molecule has 1 saturated heterocycles. The van der Waals surface area contributed by atoms with Crippen molar-refractivity contribution in [1.82, 2.24) is 0 Å². The van der Waals surface area contributed by atoms with Gasteiger partial charge < -0.3 is 14.2 Å². The SMILES string of the molecule is CC1(C)OC(=O)[C@@H](C(OCc2ccccc2)C(=O)S)O1. The number of hydrogen-bond donors (Lipinski definition) is 1. The molecular weight excluding hydrogens is 280 g/mol. The first-order valence-electron chi connectivity index (χ1n) is 6.18. The summed E-state index contributed by atoms with van der Waals surface area (Å²) in [6.07, 6.45) is -2.17. The second-order valence-electron chi connectivity index (χ2n) is 4.91. The Morgan fingerprint density at radius 3 is 2.55 bits per heavy atom. The monoisotopic (exact) mass is 296 g/mol. The van der Waals surface area contributed by atoms with Gasteiger partial charge >= 0.3 is 5.97 Å². The molecule has 20 heavy (non-hydrogen) atoms. The predicted molar refractivity (Wildman–Crippen MR) is 74.1 cm³/mol. The molecule has 1 unspecified atom stereocenters. The van der Waals surface area contributed by atoms with Crippen molar-refractivity contribution in [3.05, 3.63) is 35.9 Å². The maximum Gasteiger partial charge on any atom is 0.341 e. The number of esters is 1. The van der Waals surface area contributed by atoms with E-state index in [-0.39, 0.29) is 6.61 Å². The zero-order chi connectivity index (χ0) is 14.8. The van der Waals surface area contributed by atoms with Gasteiger partial charge in [-0.3, -0.25) is 4.79 Å². The number of hydrogen-bond acceptors (Lipinski definition) is 5. The minimum absolute atomic E-state index is 0.186. The van der Waals surface area contributed by atoms with E-state index in [4.69, 9.17) is 14.2 Å². The Morgan fingerprint density at radius 1 is 1.40 bits per heavy atom. The third kappa shape index (κ3) is 3.59. The number of rotatable bonds is 5. The molecule has 0 aromatic heterocycles. The number of benzene rings is 1. The molecule has 1 aromatic carbocycles. The van der Waals surface area contributed by atoms with Gasteiger partial charge in [0.25, 0.3) is 0 Å². The highest BCUT2D eigenvalue weighted by molar-refractivity contribution is 7.96. The van der Waals surface area contributed by atoms with Crippen LogP contribution in [0.5, 0.6) is 0 Å². The molecule has 1 aromatic rings. The van der Waals surface area contributed by atoms with E-state index < -0.39 is 29.1 Å². The quantitative estimate of drug-likeness (QED) is 0.662. The van der Waals surface area contributed by atoms with Gasteiger partial charge in [0.1, 0.15) is 0 Å². The lowest BCUT2D eigenvalue weighted by atomic mass is 10.2. The van der Waals surface area contributed by atoms with Crippen LogP contribution < -0.4 is 0 Å². The zero-order valence-electron chi connectivity index (χ0n) is 11.2. The molecule has 0 spiro atoms. The fourth-order valence-corrected chi connectivity index (χ4v) is 2.12. The Labute approximate surface area is 122 Å². The van der Waals surface area contributed by atoms with E-state index in [1.807, 2.05) is 30.3 Å². The standard InChI is InChI=1S/C14H16O5S/c1-14(2)18-10(12(15)19-14)11(13(16)20)17-8-9-6-4-3-5-7-9/h3-7,10-11H,8H2,1-2H3,(H,16,20)/t10-,11?/m1/s1. The van der Waals surface area contributed by atoms with Crippen LogP contribution in [-0.4, -0.2) is 29.1 Å². The summed E-state index contributed by atoms with van der Waals surface area (Å²) >= 11 is 3.76. The molecule has 0 aliphatic carbocycles. The Kier molecular flexibility index (Phi) is 4.47. The lowest BCUT2D eigenvalue weighted by Gasteiger charge is -2.20. The summed E-state index contributed by atoms with van der Waals surface area (Å²) in [6, 6.07) is 9.32. The molecule has 6 heteroatoms. The van der Waals surface area contributed by atoms with Crippen LogP contribution in [0, 0.1) is 0 Å². The first kappa shape index (κ1) is 15.0. The molecule has 5 nitrogen and oxygen atoms in total. The smallest absolute Gasteiger partial charge is 0.341 e. The molecule has 1 aliphatic rings. The Hall–Kier alpha value is -1.37. The number of carbonyl (C=O) groups excluding carboxylic acids is 2. The van der Waals surface area contributed by atoms with Gasteiger partial charge in [-0.1, -0.05) is 30.3 Å². The fourth-order valence-electron chi connectivity index (χ4n) is 1.91. The van der Waals surface area contributed by atoms with E-state index in [0.717, 1.165) is 5.56 Å². The van der Waals surface area contributed by atoms with Crippen LogP contribution in [0.1, 0.15) is 19.4 Å². The molecule has 2 rings (SSSR count). The highest BCUT2D eigenvalue weighted by Crippen LogP contribution is 2.27. The molecule has 1 aliphatic heterocycles. The molecule has 1 heterocycles. The van der Waals surface area contributed by atoms with Crippen molar-refractivity contribution in [2.45, 2.75) is 38.4 Å². The van der Waals surface area contributed by atoms with Crippen molar-refractivity contribution in [3.63, 3.8) is 0 Å². The molecule has 0 bridgehead atoms. The number of thiol groups is 1. The van der Waals surface area contributed by atoms with Crippen LogP contribution in [0.4, 0.5) is 0 Å². The van der Waals surface area contributed by atoms with Crippen LogP contribution in [0.2, 0.25) is 0 Å². The van der Waals surface area contributed by atoms with Gasteiger partial charge in [-0.05, 0) is 5.56 Å². The van der Waals surface area contributed by atoms with Gasteiger partial charge in [0.15, 0.2) is 12.2 Å². The summed E-state index contributed by atoms with van der Waals surface area (Å²) in [6.45, 7) is 3.38. The summed E-state index contributed by atoms with van der Waals surface area (Å²) in [4.78, 5) is 23.3. The number of ether oxygens (including phenoxy) is 3. The number of carbonyl (C=O) groups is 2.